The van der Waals surface area contributed by atoms with Gasteiger partial charge in [0.2, 0.25) is 0 Å². The van der Waals surface area contributed by atoms with Crippen molar-refractivity contribution in [3.63, 3.8) is 0 Å². The maximum absolute atomic E-state index is 4.58. The minimum Gasteiger partial charge on any atom is -0.369 e. The third-order valence-electron chi connectivity index (χ3n) is 3.53. The lowest BCUT2D eigenvalue weighted by atomic mass is 9.95. The molecule has 0 saturated heterocycles. The van der Waals surface area contributed by atoms with E-state index in [4.69, 9.17) is 0 Å². The molecular weight excluding hydrogens is 256 g/mol. The number of nitrogens with one attached hydrogen (secondary N) is 2. The first kappa shape index (κ1) is 14.4. The molecule has 0 aromatic carbocycles. The number of aromatic nitrogens is 2. The van der Waals surface area contributed by atoms with Gasteiger partial charge in [-0.1, -0.05) is 19.8 Å². The Balaban J connectivity index is 1.97. The lowest BCUT2D eigenvalue weighted by molar-refractivity contribution is 0.474. The van der Waals surface area contributed by atoms with E-state index in [9.17, 15) is 0 Å². The molecule has 0 bridgehead atoms. The van der Waals surface area contributed by atoms with Crippen molar-refractivity contribution in [2.24, 2.45) is 0 Å². The fraction of sp³-hybridized carbons (Fsp3) is 0.714. The summed E-state index contributed by atoms with van der Waals surface area (Å²) < 4.78 is 0. The van der Waals surface area contributed by atoms with Crippen LogP contribution < -0.4 is 10.6 Å². The Hall–Kier alpha value is -0.970. The molecule has 0 radical (unpaired) electrons. The Bertz CT molecular complexity index is 385. The van der Waals surface area contributed by atoms with Crippen molar-refractivity contribution in [3.8, 4) is 0 Å². The zero-order valence-corrected chi connectivity index (χ0v) is 12.7. The molecule has 1 saturated carbocycles. The number of thioether (sulfide) groups is 1. The molecule has 0 aliphatic heterocycles. The van der Waals surface area contributed by atoms with Crippen molar-refractivity contribution in [1.29, 1.82) is 0 Å². The minimum atomic E-state index is 0.527. The van der Waals surface area contributed by atoms with Gasteiger partial charge in [0, 0.05) is 17.8 Å². The maximum Gasteiger partial charge on any atom is 0.147 e. The van der Waals surface area contributed by atoms with Crippen molar-refractivity contribution in [2.75, 3.05) is 23.4 Å². The summed E-state index contributed by atoms with van der Waals surface area (Å²) in [6, 6.07) is 0.527. The van der Waals surface area contributed by atoms with Crippen LogP contribution in [0.25, 0.3) is 0 Å². The molecule has 106 valence electrons. The van der Waals surface area contributed by atoms with E-state index in [0.29, 0.717) is 11.3 Å². The highest BCUT2D eigenvalue weighted by Gasteiger charge is 2.24. The predicted octanol–water partition coefficient (Wildman–Crippen LogP) is 3.38. The summed E-state index contributed by atoms with van der Waals surface area (Å²) in [5.74, 6) is 1.76. The molecule has 5 heteroatoms. The summed E-state index contributed by atoms with van der Waals surface area (Å²) in [5.41, 5.74) is 0. The number of nitrogens with zero attached hydrogens (tertiary/aromatic N) is 2. The van der Waals surface area contributed by atoms with Crippen molar-refractivity contribution < 1.29 is 0 Å². The smallest absolute Gasteiger partial charge is 0.147 e. The maximum atomic E-state index is 4.58. The number of rotatable bonds is 6. The highest BCUT2D eigenvalue weighted by molar-refractivity contribution is 7.99. The highest BCUT2D eigenvalue weighted by atomic mass is 32.2. The third kappa shape index (κ3) is 4.27. The summed E-state index contributed by atoms with van der Waals surface area (Å²) in [6.45, 7) is 3.09. The average Bonchev–Trinajstić information content (AvgIpc) is 2.46. The van der Waals surface area contributed by atoms with E-state index in [1.54, 1.807) is 6.20 Å². The molecule has 1 aliphatic rings. The fourth-order valence-corrected chi connectivity index (χ4v) is 3.44. The van der Waals surface area contributed by atoms with Crippen LogP contribution in [0.5, 0.6) is 0 Å². The molecule has 1 aromatic heterocycles. The number of hydrogen-bond acceptors (Lipinski definition) is 5. The monoisotopic (exact) mass is 280 g/mol. The van der Waals surface area contributed by atoms with Gasteiger partial charge in [0.1, 0.15) is 11.6 Å². The Kier molecular flexibility index (Phi) is 5.76. The molecule has 1 heterocycles. The molecular formula is C14H24N4S. The molecule has 2 unspecified atom stereocenters. The Morgan fingerprint density at radius 2 is 2.05 bits per heavy atom. The Morgan fingerprint density at radius 1 is 1.26 bits per heavy atom. The van der Waals surface area contributed by atoms with Gasteiger partial charge in [-0.25, -0.2) is 4.98 Å². The second-order valence-electron chi connectivity index (χ2n) is 5.03. The van der Waals surface area contributed by atoms with Crippen LogP contribution in [0.2, 0.25) is 0 Å². The Morgan fingerprint density at radius 3 is 2.84 bits per heavy atom. The molecule has 2 atom stereocenters. The molecule has 19 heavy (non-hydrogen) atoms. The van der Waals surface area contributed by atoms with E-state index < -0.39 is 0 Å². The number of hydrogen-bond donors (Lipinski definition) is 2. The standard InChI is InChI=1S/C14H24N4S/c1-3-8-16-13-9-15-10-14(18-13)17-11-6-4-5-7-12(11)19-2/h9-12H,3-8H2,1-2H3,(H2,16,17,18). The zero-order chi connectivity index (χ0) is 13.5. The van der Waals surface area contributed by atoms with Crippen LogP contribution in [-0.2, 0) is 0 Å². The molecule has 2 rings (SSSR count). The second-order valence-corrected chi connectivity index (χ2v) is 6.10. The first-order valence-corrected chi connectivity index (χ1v) is 8.47. The summed E-state index contributed by atoms with van der Waals surface area (Å²) >= 11 is 1.96. The summed E-state index contributed by atoms with van der Waals surface area (Å²) in [7, 11) is 0. The van der Waals surface area contributed by atoms with Crippen LogP contribution in [-0.4, -0.2) is 34.1 Å². The minimum absolute atomic E-state index is 0.527. The normalized spacial score (nSPS) is 23.1. The summed E-state index contributed by atoms with van der Waals surface area (Å²) in [5, 5.41) is 7.54. The van der Waals surface area contributed by atoms with E-state index in [-0.39, 0.29) is 0 Å². The summed E-state index contributed by atoms with van der Waals surface area (Å²) in [6.07, 6.45) is 12.1. The third-order valence-corrected chi connectivity index (χ3v) is 4.70. The molecule has 1 aliphatic carbocycles. The van der Waals surface area contributed by atoms with Crippen LogP contribution in [0.4, 0.5) is 11.6 Å². The first-order valence-electron chi connectivity index (χ1n) is 7.18. The van der Waals surface area contributed by atoms with Gasteiger partial charge in [-0.05, 0) is 25.5 Å². The van der Waals surface area contributed by atoms with Crippen molar-refractivity contribution in [3.05, 3.63) is 12.4 Å². The Labute approximate surface area is 120 Å². The van der Waals surface area contributed by atoms with E-state index >= 15 is 0 Å². The topological polar surface area (TPSA) is 49.8 Å². The lowest BCUT2D eigenvalue weighted by Gasteiger charge is -2.31. The molecule has 1 fully saturated rings. The van der Waals surface area contributed by atoms with Gasteiger partial charge in [0.05, 0.1) is 12.4 Å². The lowest BCUT2D eigenvalue weighted by Crippen LogP contribution is -2.34. The van der Waals surface area contributed by atoms with Gasteiger partial charge >= 0.3 is 0 Å². The molecule has 1 aromatic rings. The summed E-state index contributed by atoms with van der Waals surface area (Å²) in [4.78, 5) is 8.84. The SMILES string of the molecule is CCCNc1cncc(NC2CCCCC2SC)n1. The molecule has 2 N–H and O–H groups in total. The van der Waals surface area contributed by atoms with Crippen LogP contribution in [0.3, 0.4) is 0 Å². The van der Waals surface area contributed by atoms with E-state index in [1.807, 2.05) is 18.0 Å². The van der Waals surface area contributed by atoms with E-state index in [2.05, 4.69) is 33.8 Å². The second kappa shape index (κ2) is 7.58. The van der Waals surface area contributed by atoms with Crippen LogP contribution in [0.15, 0.2) is 12.4 Å². The van der Waals surface area contributed by atoms with Gasteiger partial charge in [0.25, 0.3) is 0 Å². The van der Waals surface area contributed by atoms with Crippen molar-refractivity contribution in [1.82, 2.24) is 9.97 Å². The van der Waals surface area contributed by atoms with Gasteiger partial charge in [0.15, 0.2) is 0 Å². The van der Waals surface area contributed by atoms with Gasteiger partial charge in [-0.2, -0.15) is 11.8 Å². The molecule has 4 nitrogen and oxygen atoms in total. The van der Waals surface area contributed by atoms with Crippen LogP contribution in [0, 0.1) is 0 Å². The molecule has 0 amide bonds. The van der Waals surface area contributed by atoms with Crippen molar-refractivity contribution in [2.45, 2.75) is 50.3 Å². The van der Waals surface area contributed by atoms with Gasteiger partial charge in [-0.15, -0.1) is 0 Å². The van der Waals surface area contributed by atoms with Gasteiger partial charge < -0.3 is 10.6 Å². The van der Waals surface area contributed by atoms with E-state index in [0.717, 1.165) is 24.6 Å². The zero-order valence-electron chi connectivity index (χ0n) is 11.9. The fourth-order valence-electron chi connectivity index (χ4n) is 2.51. The highest BCUT2D eigenvalue weighted by Crippen LogP contribution is 2.29. The largest absolute Gasteiger partial charge is 0.369 e. The van der Waals surface area contributed by atoms with Crippen LogP contribution >= 0.6 is 11.8 Å². The van der Waals surface area contributed by atoms with E-state index in [1.165, 1.54) is 25.7 Å². The number of anilines is 2. The van der Waals surface area contributed by atoms with Crippen LogP contribution in [0.1, 0.15) is 39.0 Å². The van der Waals surface area contributed by atoms with Crippen molar-refractivity contribution >= 4 is 23.4 Å². The predicted molar refractivity (Wildman–Crippen MR) is 84.0 cm³/mol. The first-order chi connectivity index (χ1) is 9.33. The van der Waals surface area contributed by atoms with Gasteiger partial charge in [-0.3, -0.25) is 4.98 Å². The molecule has 0 spiro atoms. The average molecular weight is 280 g/mol. The quantitative estimate of drug-likeness (QED) is 0.836.